The molecule has 18 heavy (non-hydrogen) atoms. The van der Waals surface area contributed by atoms with Gasteiger partial charge in [0.25, 0.3) is 0 Å². The minimum Gasteiger partial charge on any atom is -0.409 e. The second kappa shape index (κ2) is 5.17. The summed E-state index contributed by atoms with van der Waals surface area (Å²) in [5.74, 6) is -3.20. The van der Waals surface area contributed by atoms with E-state index in [1.54, 1.807) is 5.32 Å². The number of carbonyl (C=O) groups excluding carboxylic acids is 1. The number of nitro groups is 1. The molecule has 0 aliphatic rings. The Kier molecular flexibility index (Phi) is 3.87. The van der Waals surface area contributed by atoms with Crippen LogP contribution >= 0.6 is 0 Å². The van der Waals surface area contributed by atoms with Gasteiger partial charge in [0.2, 0.25) is 12.2 Å². The number of nitrogens with one attached hydrogen (secondary N) is 1. The largest absolute Gasteiger partial charge is 0.409 e. The predicted octanol–water partition coefficient (Wildman–Crippen LogP) is 1.06. The van der Waals surface area contributed by atoms with Crippen LogP contribution in [0.2, 0.25) is 0 Å². The van der Waals surface area contributed by atoms with Gasteiger partial charge in [-0.2, -0.15) is 4.39 Å². The van der Waals surface area contributed by atoms with Gasteiger partial charge in [0.1, 0.15) is 5.82 Å². The number of nitrogens with zero attached hydrogens (tertiary/aromatic N) is 2. The van der Waals surface area contributed by atoms with Crippen LogP contribution in [0.25, 0.3) is 0 Å². The molecule has 0 heterocycles. The van der Waals surface area contributed by atoms with Gasteiger partial charge >= 0.3 is 5.69 Å². The first kappa shape index (κ1) is 13.5. The Hall–Kier alpha value is -2.58. The van der Waals surface area contributed by atoms with Crippen LogP contribution in [0.1, 0.15) is 11.1 Å². The van der Waals surface area contributed by atoms with Crippen molar-refractivity contribution in [1.29, 1.82) is 0 Å². The van der Waals surface area contributed by atoms with Gasteiger partial charge < -0.3 is 10.5 Å². The summed E-state index contributed by atoms with van der Waals surface area (Å²) in [4.78, 5) is 19.7. The van der Waals surface area contributed by atoms with E-state index in [1.807, 2.05) is 0 Å². The molecule has 0 unspecified atom stereocenters. The molecule has 9 heteroatoms. The van der Waals surface area contributed by atoms with Crippen LogP contribution in [0.5, 0.6) is 0 Å². The zero-order valence-electron chi connectivity index (χ0n) is 8.98. The summed E-state index contributed by atoms with van der Waals surface area (Å²) in [6.07, 6.45) is 0.0537. The average molecular weight is 259 g/mol. The molecule has 1 aromatic carbocycles. The van der Waals surface area contributed by atoms with Crippen LogP contribution < -0.4 is 5.32 Å². The van der Waals surface area contributed by atoms with E-state index in [-0.39, 0.29) is 6.41 Å². The Bertz CT molecular complexity index is 545. The van der Waals surface area contributed by atoms with E-state index in [1.165, 1.54) is 0 Å². The summed E-state index contributed by atoms with van der Waals surface area (Å²) < 4.78 is 27.2. The van der Waals surface area contributed by atoms with Crippen LogP contribution in [0, 0.1) is 28.7 Å². The molecule has 0 bridgehead atoms. The van der Waals surface area contributed by atoms with Crippen molar-refractivity contribution in [2.75, 3.05) is 0 Å². The van der Waals surface area contributed by atoms with Crippen LogP contribution in [-0.2, 0) is 4.79 Å². The van der Waals surface area contributed by atoms with Crippen molar-refractivity contribution >= 4 is 17.9 Å². The molecule has 1 aromatic rings. The van der Waals surface area contributed by atoms with E-state index in [2.05, 4.69) is 5.16 Å². The Labute approximate surface area is 98.9 Å². The lowest BCUT2D eigenvalue weighted by molar-refractivity contribution is -0.388. The number of rotatable bonds is 3. The fourth-order valence-electron chi connectivity index (χ4n) is 1.31. The molecule has 1 amide bonds. The van der Waals surface area contributed by atoms with Gasteiger partial charge in [0.15, 0.2) is 5.84 Å². The lowest BCUT2D eigenvalue weighted by atomic mass is 10.1. The van der Waals surface area contributed by atoms with Crippen molar-refractivity contribution in [3.8, 4) is 0 Å². The first-order valence-electron chi connectivity index (χ1n) is 4.49. The molecule has 0 saturated carbocycles. The van der Waals surface area contributed by atoms with Crippen LogP contribution in [0.15, 0.2) is 11.2 Å². The molecule has 2 N–H and O–H groups in total. The minimum absolute atomic E-state index is 0.0537. The van der Waals surface area contributed by atoms with Crippen molar-refractivity contribution < 1.29 is 23.7 Å². The molecule has 0 fully saturated rings. The molecule has 7 nitrogen and oxygen atoms in total. The summed E-state index contributed by atoms with van der Waals surface area (Å²) in [6, 6.07) is 0.587. The summed E-state index contributed by atoms with van der Waals surface area (Å²) in [6.45, 7) is 1.03. The fourth-order valence-corrected chi connectivity index (χ4v) is 1.31. The lowest BCUT2D eigenvalue weighted by Gasteiger charge is -2.07. The molecular formula is C9H7F2N3O4. The quantitative estimate of drug-likeness (QED) is 0.211. The maximum Gasteiger partial charge on any atom is 0.311 e. The highest BCUT2D eigenvalue weighted by Gasteiger charge is 2.27. The van der Waals surface area contributed by atoms with Crippen molar-refractivity contribution in [2.45, 2.75) is 6.92 Å². The van der Waals surface area contributed by atoms with Gasteiger partial charge in [-0.15, -0.1) is 0 Å². The van der Waals surface area contributed by atoms with Crippen LogP contribution in [-0.4, -0.2) is 22.4 Å². The molecule has 0 aliphatic heterocycles. The number of hydrogen-bond donors (Lipinski definition) is 2. The third-order valence-electron chi connectivity index (χ3n) is 2.16. The maximum atomic E-state index is 13.8. The number of hydrogen-bond acceptors (Lipinski definition) is 5. The number of amides is 1. The third kappa shape index (κ3) is 2.24. The predicted molar refractivity (Wildman–Crippen MR) is 55.3 cm³/mol. The van der Waals surface area contributed by atoms with E-state index in [9.17, 15) is 23.7 Å². The molecule has 1 rings (SSSR count). The SMILES string of the molecule is Cc1c(F)cc(/C(=N/O)NC=O)c(F)c1[N+](=O)[O-]. The zero-order chi connectivity index (χ0) is 13.9. The summed E-state index contributed by atoms with van der Waals surface area (Å²) >= 11 is 0. The summed E-state index contributed by atoms with van der Waals surface area (Å²) in [5.41, 5.74) is -2.30. The molecule has 0 saturated heterocycles. The van der Waals surface area contributed by atoms with Crippen LogP contribution in [0.4, 0.5) is 14.5 Å². The normalized spacial score (nSPS) is 11.2. The van der Waals surface area contributed by atoms with E-state index in [0.29, 0.717) is 6.07 Å². The van der Waals surface area contributed by atoms with Gasteiger partial charge in [0.05, 0.1) is 16.1 Å². The van der Waals surface area contributed by atoms with Gasteiger partial charge in [-0.1, -0.05) is 5.16 Å². The number of oxime groups is 1. The standard InChI is InChI=1S/C9H7F2N3O4/c1-4-6(10)2-5(9(13-16)12-3-15)7(11)8(4)14(17)18/h2-3,16H,1H3,(H,12,13,15). The van der Waals surface area contributed by atoms with Gasteiger partial charge in [-0.05, 0) is 13.0 Å². The van der Waals surface area contributed by atoms with Crippen molar-refractivity contribution in [3.63, 3.8) is 0 Å². The van der Waals surface area contributed by atoms with Crippen molar-refractivity contribution in [3.05, 3.63) is 38.9 Å². The Morgan fingerprint density at radius 1 is 1.61 bits per heavy atom. The van der Waals surface area contributed by atoms with Gasteiger partial charge in [-0.3, -0.25) is 14.9 Å². The van der Waals surface area contributed by atoms with E-state index >= 15 is 0 Å². The van der Waals surface area contributed by atoms with E-state index < -0.39 is 39.2 Å². The monoisotopic (exact) mass is 259 g/mol. The molecule has 0 aliphatic carbocycles. The Balaban J connectivity index is 3.57. The highest BCUT2D eigenvalue weighted by atomic mass is 19.1. The highest BCUT2D eigenvalue weighted by molar-refractivity contribution is 6.04. The summed E-state index contributed by atoms with van der Waals surface area (Å²) in [5, 5.41) is 23.5. The summed E-state index contributed by atoms with van der Waals surface area (Å²) in [7, 11) is 0. The van der Waals surface area contributed by atoms with Crippen molar-refractivity contribution in [1.82, 2.24) is 5.32 Å². The zero-order valence-corrected chi connectivity index (χ0v) is 8.98. The number of nitro benzene ring substituents is 1. The number of halogens is 2. The molecule has 96 valence electrons. The molecule has 0 radical (unpaired) electrons. The molecular weight excluding hydrogens is 252 g/mol. The first-order chi connectivity index (χ1) is 8.43. The van der Waals surface area contributed by atoms with Gasteiger partial charge in [-0.25, -0.2) is 4.39 Å². The minimum atomic E-state index is -1.40. The number of amidine groups is 1. The average Bonchev–Trinajstić information content (AvgIpc) is 2.31. The highest BCUT2D eigenvalue weighted by Crippen LogP contribution is 2.27. The second-order valence-electron chi connectivity index (χ2n) is 3.16. The van der Waals surface area contributed by atoms with Crippen LogP contribution in [0.3, 0.4) is 0 Å². The second-order valence-corrected chi connectivity index (χ2v) is 3.16. The lowest BCUT2D eigenvalue weighted by Crippen LogP contribution is -2.24. The molecule has 0 aromatic heterocycles. The third-order valence-corrected chi connectivity index (χ3v) is 2.16. The number of benzene rings is 1. The van der Waals surface area contributed by atoms with E-state index in [0.717, 1.165) is 6.92 Å². The Morgan fingerprint density at radius 3 is 2.67 bits per heavy atom. The number of carbonyl (C=O) groups is 1. The topological polar surface area (TPSA) is 105 Å². The maximum absolute atomic E-state index is 13.8. The molecule has 0 spiro atoms. The van der Waals surface area contributed by atoms with E-state index in [4.69, 9.17) is 5.21 Å². The van der Waals surface area contributed by atoms with Crippen molar-refractivity contribution in [2.24, 2.45) is 5.16 Å². The first-order valence-corrected chi connectivity index (χ1v) is 4.49. The molecule has 0 atom stereocenters. The smallest absolute Gasteiger partial charge is 0.311 e. The fraction of sp³-hybridized carbons (Fsp3) is 0.111. The van der Waals surface area contributed by atoms with Gasteiger partial charge in [0, 0.05) is 0 Å². The Morgan fingerprint density at radius 2 is 2.22 bits per heavy atom.